The van der Waals surface area contributed by atoms with E-state index in [0.717, 1.165) is 22.9 Å². The van der Waals surface area contributed by atoms with Gasteiger partial charge in [-0.15, -0.1) is 0 Å². The Balaban J connectivity index is 2.07. The largest absolute Gasteiger partial charge is 0.399 e. The molecule has 1 heterocycles. The Labute approximate surface area is 108 Å². The van der Waals surface area contributed by atoms with Gasteiger partial charge in [0.2, 0.25) is 0 Å². The molecule has 1 aromatic carbocycles. The van der Waals surface area contributed by atoms with Crippen molar-refractivity contribution in [3.05, 3.63) is 24.0 Å². The Bertz CT molecular complexity index is 570. The summed E-state index contributed by atoms with van der Waals surface area (Å²) in [6.07, 6.45) is 5.26. The van der Waals surface area contributed by atoms with Gasteiger partial charge < -0.3 is 10.3 Å². The average Bonchev–Trinajstić information content (AvgIpc) is 2.64. The fourth-order valence-electron chi connectivity index (χ4n) is 3.33. The standard InChI is InChI=1S/C15H21N3/c1-10-4-3-5-13(8-10)18-11(2)17-14-9-12(16)6-7-15(14)18/h6-7,9-10,13H,3-5,8,16H2,1-2H3. The van der Waals surface area contributed by atoms with Gasteiger partial charge in [-0.05, 0) is 43.9 Å². The van der Waals surface area contributed by atoms with Crippen molar-refractivity contribution in [1.82, 2.24) is 9.55 Å². The van der Waals surface area contributed by atoms with E-state index >= 15 is 0 Å². The molecule has 3 rings (SSSR count). The Hall–Kier alpha value is -1.51. The van der Waals surface area contributed by atoms with Crippen molar-refractivity contribution in [2.45, 2.75) is 45.6 Å². The molecule has 3 heteroatoms. The zero-order valence-electron chi connectivity index (χ0n) is 11.2. The van der Waals surface area contributed by atoms with Crippen LogP contribution in [0, 0.1) is 12.8 Å². The van der Waals surface area contributed by atoms with Gasteiger partial charge in [0.25, 0.3) is 0 Å². The summed E-state index contributed by atoms with van der Waals surface area (Å²) < 4.78 is 2.42. The second kappa shape index (κ2) is 4.30. The lowest BCUT2D eigenvalue weighted by atomic mass is 9.87. The number of hydrogen-bond acceptors (Lipinski definition) is 2. The smallest absolute Gasteiger partial charge is 0.106 e. The van der Waals surface area contributed by atoms with Gasteiger partial charge in [0, 0.05) is 11.7 Å². The third-order valence-electron chi connectivity index (χ3n) is 4.16. The van der Waals surface area contributed by atoms with Crippen LogP contribution >= 0.6 is 0 Å². The number of fused-ring (bicyclic) bond motifs is 1. The molecule has 0 spiro atoms. The number of benzene rings is 1. The molecule has 1 fully saturated rings. The average molecular weight is 243 g/mol. The minimum atomic E-state index is 0.613. The molecule has 18 heavy (non-hydrogen) atoms. The molecular formula is C15H21N3. The number of imidazole rings is 1. The molecule has 2 N–H and O–H groups in total. The summed E-state index contributed by atoms with van der Waals surface area (Å²) in [5, 5.41) is 0. The van der Waals surface area contributed by atoms with E-state index in [4.69, 9.17) is 5.73 Å². The fraction of sp³-hybridized carbons (Fsp3) is 0.533. The van der Waals surface area contributed by atoms with Gasteiger partial charge >= 0.3 is 0 Å². The summed E-state index contributed by atoms with van der Waals surface area (Å²) in [5.74, 6) is 1.95. The van der Waals surface area contributed by atoms with Crippen molar-refractivity contribution in [1.29, 1.82) is 0 Å². The summed E-state index contributed by atoms with van der Waals surface area (Å²) >= 11 is 0. The fourth-order valence-corrected chi connectivity index (χ4v) is 3.33. The molecular weight excluding hydrogens is 222 g/mol. The highest BCUT2D eigenvalue weighted by atomic mass is 15.1. The normalized spacial score (nSPS) is 24.6. The van der Waals surface area contributed by atoms with Crippen LogP contribution in [0.2, 0.25) is 0 Å². The lowest BCUT2D eigenvalue weighted by Crippen LogP contribution is -2.18. The molecule has 3 nitrogen and oxygen atoms in total. The summed E-state index contributed by atoms with van der Waals surface area (Å²) in [5.41, 5.74) is 8.90. The quantitative estimate of drug-likeness (QED) is 0.776. The zero-order chi connectivity index (χ0) is 12.7. The van der Waals surface area contributed by atoms with Crippen LogP contribution in [0.5, 0.6) is 0 Å². The first-order chi connectivity index (χ1) is 8.65. The second-order valence-electron chi connectivity index (χ2n) is 5.70. The SMILES string of the molecule is Cc1nc2cc(N)ccc2n1C1CCCC(C)C1. The number of aromatic nitrogens is 2. The molecule has 96 valence electrons. The summed E-state index contributed by atoms with van der Waals surface area (Å²) in [6.45, 7) is 4.47. The van der Waals surface area contributed by atoms with E-state index < -0.39 is 0 Å². The maximum atomic E-state index is 5.83. The second-order valence-corrected chi connectivity index (χ2v) is 5.70. The minimum absolute atomic E-state index is 0.613. The lowest BCUT2D eigenvalue weighted by molar-refractivity contribution is 0.284. The van der Waals surface area contributed by atoms with E-state index in [1.54, 1.807) is 0 Å². The molecule has 2 aromatic rings. The first kappa shape index (κ1) is 11.6. The highest BCUT2D eigenvalue weighted by molar-refractivity contribution is 5.79. The van der Waals surface area contributed by atoms with Crippen molar-refractivity contribution in [2.75, 3.05) is 5.73 Å². The van der Waals surface area contributed by atoms with E-state index in [0.29, 0.717) is 6.04 Å². The van der Waals surface area contributed by atoms with Gasteiger partial charge in [-0.3, -0.25) is 0 Å². The van der Waals surface area contributed by atoms with Gasteiger partial charge in [0.15, 0.2) is 0 Å². The number of nitrogens with zero attached hydrogens (tertiary/aromatic N) is 2. The molecule has 0 amide bonds. The monoisotopic (exact) mass is 243 g/mol. The van der Waals surface area contributed by atoms with E-state index in [1.165, 1.54) is 31.2 Å². The Morgan fingerprint density at radius 1 is 1.33 bits per heavy atom. The number of hydrogen-bond donors (Lipinski definition) is 1. The molecule has 0 bridgehead atoms. The molecule has 1 saturated carbocycles. The van der Waals surface area contributed by atoms with Crippen LogP contribution in [0.15, 0.2) is 18.2 Å². The van der Waals surface area contributed by atoms with Gasteiger partial charge in [-0.25, -0.2) is 4.98 Å². The molecule has 2 unspecified atom stereocenters. The van der Waals surface area contributed by atoms with Crippen molar-refractivity contribution in [2.24, 2.45) is 5.92 Å². The number of aryl methyl sites for hydroxylation is 1. The van der Waals surface area contributed by atoms with Gasteiger partial charge in [-0.1, -0.05) is 19.8 Å². The topological polar surface area (TPSA) is 43.8 Å². The van der Waals surface area contributed by atoms with Crippen LogP contribution in [-0.2, 0) is 0 Å². The number of nitrogen functional groups attached to an aromatic ring is 1. The van der Waals surface area contributed by atoms with Crippen LogP contribution in [0.3, 0.4) is 0 Å². The van der Waals surface area contributed by atoms with Gasteiger partial charge in [-0.2, -0.15) is 0 Å². The van der Waals surface area contributed by atoms with E-state index in [9.17, 15) is 0 Å². The zero-order valence-corrected chi connectivity index (χ0v) is 11.2. The highest BCUT2D eigenvalue weighted by Gasteiger charge is 2.23. The molecule has 2 atom stereocenters. The van der Waals surface area contributed by atoms with Crippen molar-refractivity contribution >= 4 is 16.7 Å². The summed E-state index contributed by atoms with van der Waals surface area (Å²) in [4.78, 5) is 4.66. The van der Waals surface area contributed by atoms with E-state index in [2.05, 4.69) is 29.5 Å². The first-order valence-electron chi connectivity index (χ1n) is 6.89. The predicted octanol–water partition coefficient (Wildman–Crippen LogP) is 3.68. The molecule has 0 saturated heterocycles. The third-order valence-corrected chi connectivity index (χ3v) is 4.16. The number of anilines is 1. The van der Waals surface area contributed by atoms with Crippen molar-refractivity contribution < 1.29 is 0 Å². The van der Waals surface area contributed by atoms with Gasteiger partial charge in [0.1, 0.15) is 5.82 Å². The van der Waals surface area contributed by atoms with E-state index in [-0.39, 0.29) is 0 Å². The third kappa shape index (κ3) is 1.88. The lowest BCUT2D eigenvalue weighted by Gasteiger charge is -2.29. The highest BCUT2D eigenvalue weighted by Crippen LogP contribution is 2.35. The Kier molecular flexibility index (Phi) is 2.77. The van der Waals surface area contributed by atoms with Crippen LogP contribution in [0.25, 0.3) is 11.0 Å². The Morgan fingerprint density at radius 2 is 2.17 bits per heavy atom. The van der Waals surface area contributed by atoms with E-state index in [1.807, 2.05) is 12.1 Å². The summed E-state index contributed by atoms with van der Waals surface area (Å²) in [6, 6.07) is 6.68. The van der Waals surface area contributed by atoms with Crippen LogP contribution in [0.1, 0.15) is 44.5 Å². The number of rotatable bonds is 1. The molecule has 1 aliphatic carbocycles. The van der Waals surface area contributed by atoms with Crippen molar-refractivity contribution in [3.8, 4) is 0 Å². The van der Waals surface area contributed by atoms with Crippen LogP contribution < -0.4 is 5.73 Å². The van der Waals surface area contributed by atoms with Crippen LogP contribution in [0.4, 0.5) is 5.69 Å². The molecule has 1 aliphatic rings. The number of nitrogens with two attached hydrogens (primary N) is 1. The molecule has 0 aliphatic heterocycles. The predicted molar refractivity (Wildman–Crippen MR) is 75.6 cm³/mol. The Morgan fingerprint density at radius 3 is 2.94 bits per heavy atom. The van der Waals surface area contributed by atoms with Gasteiger partial charge in [0.05, 0.1) is 11.0 Å². The maximum absolute atomic E-state index is 5.83. The summed E-state index contributed by atoms with van der Waals surface area (Å²) in [7, 11) is 0. The minimum Gasteiger partial charge on any atom is -0.399 e. The van der Waals surface area contributed by atoms with Crippen molar-refractivity contribution in [3.63, 3.8) is 0 Å². The molecule has 0 radical (unpaired) electrons. The maximum Gasteiger partial charge on any atom is 0.106 e. The first-order valence-corrected chi connectivity index (χ1v) is 6.89. The van der Waals surface area contributed by atoms with Crippen LogP contribution in [-0.4, -0.2) is 9.55 Å². The molecule has 1 aromatic heterocycles.